The molecule has 0 radical (unpaired) electrons. The van der Waals surface area contributed by atoms with Crippen molar-refractivity contribution in [3.63, 3.8) is 0 Å². The van der Waals surface area contributed by atoms with Crippen LogP contribution < -0.4 is 14.5 Å². The van der Waals surface area contributed by atoms with Crippen LogP contribution in [0.1, 0.15) is 29.6 Å². The second-order valence-corrected chi connectivity index (χ2v) is 7.30. The Morgan fingerprint density at radius 1 is 0.929 bits per heavy atom. The van der Waals surface area contributed by atoms with Gasteiger partial charge in [-0.25, -0.2) is 0 Å². The molecule has 0 bridgehead atoms. The topological polar surface area (TPSA) is 79.6 Å². The molecule has 1 amide bonds. The minimum Gasteiger partial charge on any atom is -0.479 e. The molecule has 0 atom stereocenters. The van der Waals surface area contributed by atoms with Crippen molar-refractivity contribution >= 4 is 17.5 Å². The third-order valence-electron chi connectivity index (χ3n) is 5.43. The molecule has 2 aliphatic heterocycles. The lowest BCUT2D eigenvalue weighted by Crippen LogP contribution is -2.49. The van der Waals surface area contributed by atoms with Gasteiger partial charge in [0, 0.05) is 52.5 Å². The molecule has 150 valence electrons. The number of hydrogen-bond donors (Lipinski definition) is 0. The molecule has 0 saturated carbocycles. The van der Waals surface area contributed by atoms with E-state index >= 15 is 0 Å². The Morgan fingerprint density at radius 3 is 2.11 bits per heavy atom. The number of aromatic nitrogens is 4. The predicted octanol–water partition coefficient (Wildman–Crippen LogP) is 1.17. The second-order valence-electron chi connectivity index (χ2n) is 7.30. The number of hydrogen-bond acceptors (Lipinski definition) is 7. The summed E-state index contributed by atoms with van der Waals surface area (Å²) >= 11 is 0. The highest BCUT2D eigenvalue weighted by molar-refractivity contribution is 5.96. The Labute approximate surface area is 164 Å². The first-order chi connectivity index (χ1) is 13.7. The Kier molecular flexibility index (Phi) is 5.31. The van der Waals surface area contributed by atoms with Crippen LogP contribution in [0.2, 0.25) is 0 Å². The quantitative estimate of drug-likeness (QED) is 0.782. The highest BCUT2D eigenvalue weighted by atomic mass is 16.5. The summed E-state index contributed by atoms with van der Waals surface area (Å²) in [7, 11) is 3.31. The summed E-state index contributed by atoms with van der Waals surface area (Å²) in [5.74, 6) is 2.15. The van der Waals surface area contributed by atoms with Gasteiger partial charge in [0.15, 0.2) is 11.6 Å². The number of rotatable bonds is 4. The van der Waals surface area contributed by atoms with E-state index < -0.39 is 0 Å². The van der Waals surface area contributed by atoms with E-state index in [1.165, 1.54) is 26.4 Å². The molecule has 2 saturated heterocycles. The summed E-state index contributed by atoms with van der Waals surface area (Å²) in [6.07, 6.45) is 5.45. The van der Waals surface area contributed by atoms with Crippen molar-refractivity contribution in [3.8, 4) is 5.88 Å². The summed E-state index contributed by atoms with van der Waals surface area (Å²) in [5, 5.41) is 13.0. The molecule has 0 unspecified atom stereocenters. The van der Waals surface area contributed by atoms with Crippen molar-refractivity contribution in [2.45, 2.75) is 19.3 Å². The first-order valence-corrected chi connectivity index (χ1v) is 9.86. The molecule has 4 rings (SSSR count). The predicted molar refractivity (Wildman–Crippen MR) is 106 cm³/mol. The fourth-order valence-corrected chi connectivity index (χ4v) is 3.85. The first kappa shape index (κ1) is 18.5. The van der Waals surface area contributed by atoms with Crippen molar-refractivity contribution in [1.82, 2.24) is 24.9 Å². The Morgan fingerprint density at radius 2 is 1.54 bits per heavy atom. The molecular formula is C19H27N7O2. The van der Waals surface area contributed by atoms with Crippen LogP contribution in [0.25, 0.3) is 0 Å². The van der Waals surface area contributed by atoms with Gasteiger partial charge in [0.25, 0.3) is 5.91 Å². The monoisotopic (exact) mass is 385 g/mol. The van der Waals surface area contributed by atoms with Crippen molar-refractivity contribution in [1.29, 1.82) is 0 Å². The minimum atomic E-state index is -0.0452. The summed E-state index contributed by atoms with van der Waals surface area (Å²) in [6.45, 7) is 4.84. The summed E-state index contributed by atoms with van der Waals surface area (Å²) in [4.78, 5) is 19.1. The molecule has 0 aliphatic carbocycles. The maximum atomic E-state index is 12.8. The van der Waals surface area contributed by atoms with E-state index in [0.717, 1.165) is 37.8 Å². The first-order valence-electron chi connectivity index (χ1n) is 9.86. The maximum absolute atomic E-state index is 12.8. The van der Waals surface area contributed by atoms with Gasteiger partial charge in [-0.3, -0.25) is 9.48 Å². The number of carbonyl (C=O) groups excluding carboxylic acids is 1. The van der Waals surface area contributed by atoms with Gasteiger partial charge in [0.1, 0.15) is 5.56 Å². The summed E-state index contributed by atoms with van der Waals surface area (Å²) < 4.78 is 6.82. The van der Waals surface area contributed by atoms with E-state index in [2.05, 4.69) is 31.2 Å². The Balaban J connectivity index is 1.36. The number of aryl methyl sites for hydroxylation is 1. The molecule has 0 N–H and O–H groups in total. The molecule has 28 heavy (non-hydrogen) atoms. The van der Waals surface area contributed by atoms with Crippen LogP contribution in [-0.4, -0.2) is 77.2 Å². The van der Waals surface area contributed by atoms with Gasteiger partial charge in [-0.1, -0.05) is 0 Å². The number of ether oxygens (including phenoxy) is 1. The highest BCUT2D eigenvalue weighted by Crippen LogP contribution is 2.21. The third-order valence-corrected chi connectivity index (χ3v) is 5.43. The molecule has 2 aromatic rings. The van der Waals surface area contributed by atoms with Crippen molar-refractivity contribution in [2.75, 3.05) is 56.2 Å². The van der Waals surface area contributed by atoms with Gasteiger partial charge >= 0.3 is 0 Å². The average molecular weight is 385 g/mol. The molecule has 0 aromatic carbocycles. The van der Waals surface area contributed by atoms with Gasteiger partial charge in [-0.05, 0) is 31.4 Å². The lowest BCUT2D eigenvalue weighted by atomic mass is 10.1. The molecule has 0 spiro atoms. The standard InChI is InChI=1S/C19H27N7O2/c1-23-14-15(18(22-23)28-2)19(27)26-12-10-25(11-13-26)17-7-6-16(20-21-17)24-8-4-3-5-9-24/h6-7,14H,3-5,8-13H2,1-2H3. The number of anilines is 2. The molecule has 2 aliphatic rings. The van der Waals surface area contributed by atoms with Gasteiger partial charge in [-0.15, -0.1) is 15.3 Å². The van der Waals surface area contributed by atoms with E-state index in [1.807, 2.05) is 11.0 Å². The van der Waals surface area contributed by atoms with Crippen LogP contribution in [-0.2, 0) is 7.05 Å². The zero-order valence-corrected chi connectivity index (χ0v) is 16.5. The van der Waals surface area contributed by atoms with E-state index in [9.17, 15) is 4.79 Å². The normalized spacial score (nSPS) is 17.7. The van der Waals surface area contributed by atoms with Crippen molar-refractivity contribution < 1.29 is 9.53 Å². The number of carbonyl (C=O) groups is 1. The smallest absolute Gasteiger partial charge is 0.261 e. The van der Waals surface area contributed by atoms with Crippen molar-refractivity contribution in [2.24, 2.45) is 7.05 Å². The van der Waals surface area contributed by atoms with E-state index in [-0.39, 0.29) is 5.91 Å². The number of amides is 1. The number of nitrogens with zero attached hydrogens (tertiary/aromatic N) is 7. The van der Waals surface area contributed by atoms with Crippen LogP contribution in [0, 0.1) is 0 Å². The Hall–Kier alpha value is -2.84. The van der Waals surface area contributed by atoms with Crippen molar-refractivity contribution in [3.05, 3.63) is 23.9 Å². The van der Waals surface area contributed by atoms with Crippen LogP contribution in [0.4, 0.5) is 11.6 Å². The highest BCUT2D eigenvalue weighted by Gasteiger charge is 2.26. The lowest BCUT2D eigenvalue weighted by molar-refractivity contribution is 0.0743. The molecule has 4 heterocycles. The third kappa shape index (κ3) is 3.74. The number of methoxy groups -OCH3 is 1. The maximum Gasteiger partial charge on any atom is 0.261 e. The van der Waals surface area contributed by atoms with Crippen LogP contribution in [0.15, 0.2) is 18.3 Å². The zero-order valence-electron chi connectivity index (χ0n) is 16.5. The zero-order chi connectivity index (χ0) is 19.5. The van der Waals surface area contributed by atoms with Crippen LogP contribution >= 0.6 is 0 Å². The molecule has 2 fully saturated rings. The van der Waals surface area contributed by atoms with Crippen LogP contribution in [0.3, 0.4) is 0 Å². The molecule has 9 heteroatoms. The SMILES string of the molecule is COc1nn(C)cc1C(=O)N1CCN(c2ccc(N3CCCCC3)nn2)CC1. The minimum absolute atomic E-state index is 0.0452. The van der Waals surface area contributed by atoms with Crippen LogP contribution in [0.5, 0.6) is 5.88 Å². The molecular weight excluding hydrogens is 358 g/mol. The molecule has 9 nitrogen and oxygen atoms in total. The Bertz CT molecular complexity index is 806. The summed E-state index contributed by atoms with van der Waals surface area (Å²) in [6, 6.07) is 4.10. The fourth-order valence-electron chi connectivity index (χ4n) is 3.85. The van der Waals surface area contributed by atoms with Gasteiger partial charge in [0.05, 0.1) is 7.11 Å². The molecule has 2 aromatic heterocycles. The van der Waals surface area contributed by atoms with E-state index in [4.69, 9.17) is 4.74 Å². The van der Waals surface area contributed by atoms with Gasteiger partial charge in [0.2, 0.25) is 5.88 Å². The van der Waals surface area contributed by atoms with E-state index in [0.29, 0.717) is 24.5 Å². The number of piperidine rings is 1. The van der Waals surface area contributed by atoms with Gasteiger partial charge in [-0.2, -0.15) is 0 Å². The second kappa shape index (κ2) is 8.04. The van der Waals surface area contributed by atoms with E-state index in [1.54, 1.807) is 17.9 Å². The van der Waals surface area contributed by atoms with Gasteiger partial charge < -0.3 is 19.4 Å². The fraction of sp³-hybridized carbons (Fsp3) is 0.579. The largest absolute Gasteiger partial charge is 0.479 e. The number of piperazine rings is 1. The summed E-state index contributed by atoms with van der Waals surface area (Å²) in [5.41, 5.74) is 0.504. The average Bonchev–Trinajstić information content (AvgIpc) is 3.15. The lowest BCUT2D eigenvalue weighted by Gasteiger charge is -2.35.